The summed E-state index contributed by atoms with van der Waals surface area (Å²) in [5, 5.41) is 10.2. The van der Waals surface area contributed by atoms with E-state index in [4.69, 9.17) is 4.74 Å². The van der Waals surface area contributed by atoms with Gasteiger partial charge in [-0.2, -0.15) is 0 Å². The molecule has 2 rings (SSSR count). The van der Waals surface area contributed by atoms with Gasteiger partial charge in [-0.15, -0.1) is 0 Å². The average Bonchev–Trinajstić information content (AvgIpc) is 2.38. The van der Waals surface area contributed by atoms with Crippen LogP contribution in [-0.2, 0) is 0 Å². The summed E-state index contributed by atoms with van der Waals surface area (Å²) in [5.41, 5.74) is 2.65. The zero-order valence-corrected chi connectivity index (χ0v) is 13.1. The van der Waals surface area contributed by atoms with Gasteiger partial charge in [0.25, 0.3) is 0 Å². The molecule has 0 bridgehead atoms. The summed E-state index contributed by atoms with van der Waals surface area (Å²) in [6, 6.07) is 6.32. The predicted molar refractivity (Wildman–Crippen MR) is 83.4 cm³/mol. The predicted octanol–water partition coefficient (Wildman–Crippen LogP) is 4.58. The fourth-order valence-electron chi connectivity index (χ4n) is 3.11. The molecule has 0 saturated heterocycles. The van der Waals surface area contributed by atoms with Gasteiger partial charge >= 0.3 is 0 Å². The molecule has 0 aliphatic heterocycles. The van der Waals surface area contributed by atoms with Crippen LogP contribution in [0, 0.1) is 6.92 Å². The first-order valence-corrected chi connectivity index (χ1v) is 8.03. The standard InChI is InChI=1S/C18H28O2/c1-13(2)16-11-10-15(12-14(16)3)20-18-9-7-5-4-6-8-17(18)19/h10-13,17-19H,4-9H2,1-3H3. The van der Waals surface area contributed by atoms with Gasteiger partial charge in [0.1, 0.15) is 11.9 Å². The van der Waals surface area contributed by atoms with E-state index >= 15 is 0 Å². The highest BCUT2D eigenvalue weighted by Crippen LogP contribution is 2.27. The minimum Gasteiger partial charge on any atom is -0.488 e. The molecular formula is C18H28O2. The molecule has 2 heteroatoms. The Morgan fingerprint density at radius 3 is 2.45 bits per heavy atom. The van der Waals surface area contributed by atoms with Crippen LogP contribution < -0.4 is 4.74 Å². The van der Waals surface area contributed by atoms with Crippen LogP contribution in [0.3, 0.4) is 0 Å². The molecule has 1 aliphatic carbocycles. The average molecular weight is 276 g/mol. The second-order valence-corrected chi connectivity index (χ2v) is 6.39. The molecule has 0 aromatic heterocycles. The molecule has 1 aromatic carbocycles. The zero-order chi connectivity index (χ0) is 14.5. The maximum atomic E-state index is 10.2. The lowest BCUT2D eigenvalue weighted by atomic mass is 9.95. The van der Waals surface area contributed by atoms with Gasteiger partial charge in [-0.3, -0.25) is 0 Å². The lowest BCUT2D eigenvalue weighted by molar-refractivity contribution is 0.0187. The van der Waals surface area contributed by atoms with Crippen molar-refractivity contribution < 1.29 is 9.84 Å². The monoisotopic (exact) mass is 276 g/mol. The Labute approximate surface area is 123 Å². The van der Waals surface area contributed by atoms with Crippen LogP contribution >= 0.6 is 0 Å². The minimum absolute atomic E-state index is 0.0420. The molecule has 2 nitrogen and oxygen atoms in total. The van der Waals surface area contributed by atoms with Crippen molar-refractivity contribution in [2.45, 2.75) is 77.4 Å². The Morgan fingerprint density at radius 1 is 1.10 bits per heavy atom. The molecule has 1 N–H and O–H groups in total. The van der Waals surface area contributed by atoms with Gasteiger partial charge < -0.3 is 9.84 Å². The third-order valence-electron chi connectivity index (χ3n) is 4.32. The van der Waals surface area contributed by atoms with E-state index in [1.165, 1.54) is 24.0 Å². The third kappa shape index (κ3) is 3.99. The van der Waals surface area contributed by atoms with E-state index in [9.17, 15) is 5.11 Å². The van der Waals surface area contributed by atoms with Crippen LogP contribution in [0.2, 0.25) is 0 Å². The Morgan fingerprint density at radius 2 is 1.80 bits per heavy atom. The largest absolute Gasteiger partial charge is 0.488 e. The summed E-state index contributed by atoms with van der Waals surface area (Å²) < 4.78 is 6.07. The van der Waals surface area contributed by atoms with E-state index in [0.717, 1.165) is 31.4 Å². The van der Waals surface area contributed by atoms with Crippen molar-refractivity contribution in [3.63, 3.8) is 0 Å². The highest BCUT2D eigenvalue weighted by molar-refractivity contribution is 5.36. The van der Waals surface area contributed by atoms with Gasteiger partial charge in [0.15, 0.2) is 0 Å². The van der Waals surface area contributed by atoms with E-state index in [-0.39, 0.29) is 12.2 Å². The molecule has 1 aliphatic rings. The van der Waals surface area contributed by atoms with Crippen molar-refractivity contribution in [3.05, 3.63) is 29.3 Å². The first kappa shape index (κ1) is 15.4. The van der Waals surface area contributed by atoms with Gasteiger partial charge in [-0.25, -0.2) is 0 Å². The van der Waals surface area contributed by atoms with E-state index in [2.05, 4.69) is 32.9 Å². The molecule has 2 unspecified atom stereocenters. The van der Waals surface area contributed by atoms with E-state index in [1.54, 1.807) is 0 Å². The van der Waals surface area contributed by atoms with Crippen LogP contribution in [-0.4, -0.2) is 17.3 Å². The molecule has 112 valence electrons. The topological polar surface area (TPSA) is 29.5 Å². The second kappa shape index (κ2) is 7.12. The molecule has 0 radical (unpaired) electrons. The van der Waals surface area contributed by atoms with Crippen LogP contribution in [0.1, 0.15) is 69.4 Å². The van der Waals surface area contributed by atoms with Crippen LogP contribution in [0.4, 0.5) is 0 Å². The van der Waals surface area contributed by atoms with E-state index < -0.39 is 0 Å². The van der Waals surface area contributed by atoms with Gasteiger partial charge in [0.05, 0.1) is 6.10 Å². The van der Waals surface area contributed by atoms with Crippen LogP contribution in [0.15, 0.2) is 18.2 Å². The SMILES string of the molecule is Cc1cc(OC2CCCCCCC2O)ccc1C(C)C. The maximum Gasteiger partial charge on any atom is 0.124 e. The van der Waals surface area contributed by atoms with Crippen molar-refractivity contribution in [1.29, 1.82) is 0 Å². The lowest BCUT2D eigenvalue weighted by Crippen LogP contribution is -2.32. The summed E-state index contributed by atoms with van der Waals surface area (Å²) in [6.45, 7) is 6.56. The minimum atomic E-state index is -0.319. The van der Waals surface area contributed by atoms with E-state index in [0.29, 0.717) is 5.92 Å². The number of hydrogen-bond donors (Lipinski definition) is 1. The van der Waals surface area contributed by atoms with Crippen molar-refractivity contribution >= 4 is 0 Å². The molecular weight excluding hydrogens is 248 g/mol. The van der Waals surface area contributed by atoms with Gasteiger partial charge in [0.2, 0.25) is 0 Å². The number of hydrogen-bond acceptors (Lipinski definition) is 2. The molecule has 2 atom stereocenters. The number of aliphatic hydroxyl groups is 1. The Hall–Kier alpha value is -1.02. The molecule has 0 heterocycles. The summed E-state index contributed by atoms with van der Waals surface area (Å²) in [7, 11) is 0. The van der Waals surface area contributed by atoms with Gasteiger partial charge in [-0.05, 0) is 55.4 Å². The van der Waals surface area contributed by atoms with Crippen LogP contribution in [0.5, 0.6) is 5.75 Å². The quantitative estimate of drug-likeness (QED) is 0.875. The van der Waals surface area contributed by atoms with Crippen molar-refractivity contribution in [3.8, 4) is 5.75 Å². The first-order chi connectivity index (χ1) is 9.58. The molecule has 20 heavy (non-hydrogen) atoms. The number of ether oxygens (including phenoxy) is 1. The summed E-state index contributed by atoms with van der Waals surface area (Å²) in [5.74, 6) is 1.44. The van der Waals surface area contributed by atoms with Gasteiger partial charge in [-0.1, -0.05) is 39.2 Å². The Kier molecular flexibility index (Phi) is 5.47. The van der Waals surface area contributed by atoms with Crippen molar-refractivity contribution in [2.24, 2.45) is 0 Å². The highest BCUT2D eigenvalue weighted by Gasteiger charge is 2.22. The summed E-state index contributed by atoms with van der Waals surface area (Å²) >= 11 is 0. The fraction of sp³-hybridized carbons (Fsp3) is 0.667. The molecule has 0 amide bonds. The number of rotatable bonds is 3. The Balaban J connectivity index is 2.06. The summed E-state index contributed by atoms with van der Waals surface area (Å²) in [6.07, 6.45) is 6.25. The van der Waals surface area contributed by atoms with Gasteiger partial charge in [0, 0.05) is 0 Å². The number of aliphatic hydroxyl groups excluding tert-OH is 1. The number of aryl methyl sites for hydroxylation is 1. The van der Waals surface area contributed by atoms with Crippen molar-refractivity contribution in [1.82, 2.24) is 0 Å². The molecule has 1 fully saturated rings. The normalized spacial score (nSPS) is 24.2. The third-order valence-corrected chi connectivity index (χ3v) is 4.32. The smallest absolute Gasteiger partial charge is 0.124 e. The zero-order valence-electron chi connectivity index (χ0n) is 13.1. The van der Waals surface area contributed by atoms with E-state index in [1.807, 2.05) is 6.07 Å². The lowest BCUT2D eigenvalue weighted by Gasteiger charge is -2.26. The molecule has 1 aromatic rings. The maximum absolute atomic E-state index is 10.2. The fourth-order valence-corrected chi connectivity index (χ4v) is 3.11. The number of benzene rings is 1. The Bertz CT molecular complexity index is 425. The molecule has 1 saturated carbocycles. The highest BCUT2D eigenvalue weighted by atomic mass is 16.5. The molecule has 0 spiro atoms. The van der Waals surface area contributed by atoms with Crippen LogP contribution in [0.25, 0.3) is 0 Å². The second-order valence-electron chi connectivity index (χ2n) is 6.39. The van der Waals surface area contributed by atoms with Crippen molar-refractivity contribution in [2.75, 3.05) is 0 Å². The first-order valence-electron chi connectivity index (χ1n) is 8.03. The summed E-state index contributed by atoms with van der Waals surface area (Å²) in [4.78, 5) is 0.